The average molecular weight is 421 g/mol. The second kappa shape index (κ2) is 9.40. The van der Waals surface area contributed by atoms with Crippen LogP contribution in [0.15, 0.2) is 58.8 Å². The average Bonchev–Trinajstić information content (AvgIpc) is 3.12. The normalized spacial score (nSPS) is 10.9. The number of hydrogen-bond acceptors (Lipinski definition) is 6. The third kappa shape index (κ3) is 5.72. The van der Waals surface area contributed by atoms with E-state index < -0.39 is 0 Å². The maximum atomic E-state index is 12.1. The first kappa shape index (κ1) is 19.2. The van der Waals surface area contributed by atoms with Crippen molar-refractivity contribution in [2.45, 2.75) is 5.16 Å². The van der Waals surface area contributed by atoms with Crippen molar-refractivity contribution in [3.63, 3.8) is 0 Å². The SMILES string of the molecule is O=C(CSc1n[nH]c(N/N=C/c2ccccc2)n1)Nc1c(Cl)cccc1Cl. The molecule has 7 nitrogen and oxygen atoms in total. The molecule has 1 aromatic heterocycles. The maximum Gasteiger partial charge on any atom is 0.240 e. The topological polar surface area (TPSA) is 95.1 Å². The monoisotopic (exact) mass is 420 g/mol. The van der Waals surface area contributed by atoms with Crippen molar-refractivity contribution in [2.75, 3.05) is 16.5 Å². The van der Waals surface area contributed by atoms with Gasteiger partial charge in [0.05, 0.1) is 27.7 Å². The number of rotatable bonds is 7. The Kier molecular flexibility index (Phi) is 6.69. The van der Waals surface area contributed by atoms with Gasteiger partial charge in [-0.05, 0) is 17.7 Å². The summed E-state index contributed by atoms with van der Waals surface area (Å²) in [6, 6.07) is 14.6. The van der Waals surface area contributed by atoms with E-state index in [0.29, 0.717) is 26.8 Å². The molecule has 0 saturated heterocycles. The predicted molar refractivity (Wildman–Crippen MR) is 110 cm³/mol. The number of carbonyl (C=O) groups excluding carboxylic acids is 1. The Morgan fingerprint density at radius 3 is 2.63 bits per heavy atom. The minimum atomic E-state index is -0.267. The zero-order valence-electron chi connectivity index (χ0n) is 13.8. The first-order chi connectivity index (χ1) is 13.1. The molecule has 0 aliphatic rings. The molecule has 0 saturated carbocycles. The van der Waals surface area contributed by atoms with Crippen molar-refractivity contribution < 1.29 is 4.79 Å². The summed E-state index contributed by atoms with van der Waals surface area (Å²) < 4.78 is 0. The van der Waals surface area contributed by atoms with Gasteiger partial charge in [-0.3, -0.25) is 4.79 Å². The number of H-pyrrole nitrogens is 1. The third-order valence-electron chi connectivity index (χ3n) is 3.21. The molecule has 0 fully saturated rings. The van der Waals surface area contributed by atoms with Gasteiger partial charge in [-0.15, -0.1) is 5.10 Å². The first-order valence-electron chi connectivity index (χ1n) is 7.75. The van der Waals surface area contributed by atoms with Crippen molar-refractivity contribution in [3.8, 4) is 0 Å². The molecule has 1 amide bonds. The molecule has 0 radical (unpaired) electrons. The lowest BCUT2D eigenvalue weighted by Crippen LogP contribution is -2.14. The van der Waals surface area contributed by atoms with Crippen LogP contribution >= 0.6 is 35.0 Å². The molecule has 3 aromatic rings. The van der Waals surface area contributed by atoms with E-state index >= 15 is 0 Å². The van der Waals surface area contributed by atoms with E-state index in [4.69, 9.17) is 23.2 Å². The van der Waals surface area contributed by atoms with Crippen LogP contribution in [-0.4, -0.2) is 33.1 Å². The van der Waals surface area contributed by atoms with Crippen molar-refractivity contribution >= 4 is 58.7 Å². The Morgan fingerprint density at radius 1 is 1.15 bits per heavy atom. The number of carbonyl (C=O) groups is 1. The highest BCUT2D eigenvalue weighted by Gasteiger charge is 2.11. The van der Waals surface area contributed by atoms with Crippen molar-refractivity contribution in [3.05, 3.63) is 64.1 Å². The molecule has 0 bridgehead atoms. The van der Waals surface area contributed by atoms with Gasteiger partial charge in [-0.2, -0.15) is 10.1 Å². The van der Waals surface area contributed by atoms with Crippen molar-refractivity contribution in [1.29, 1.82) is 0 Å². The standard InChI is InChI=1S/C17H14Cl2N6OS/c18-12-7-4-8-13(19)15(12)21-14(26)10-27-17-22-16(24-25-17)23-20-9-11-5-2-1-3-6-11/h1-9H,10H2,(H,21,26)(H2,22,23,24,25)/b20-9+. The van der Waals surface area contributed by atoms with Gasteiger partial charge in [0.1, 0.15) is 0 Å². The van der Waals surface area contributed by atoms with Gasteiger partial charge in [0.2, 0.25) is 17.0 Å². The molecule has 10 heteroatoms. The van der Waals surface area contributed by atoms with E-state index in [0.717, 1.165) is 5.56 Å². The minimum Gasteiger partial charge on any atom is -0.323 e. The van der Waals surface area contributed by atoms with Crippen LogP contribution in [0.2, 0.25) is 10.0 Å². The zero-order chi connectivity index (χ0) is 19.1. The second-order valence-electron chi connectivity index (χ2n) is 5.18. The van der Waals surface area contributed by atoms with Gasteiger partial charge in [0.25, 0.3) is 0 Å². The Hall–Kier alpha value is -2.55. The number of halogens is 2. The minimum absolute atomic E-state index is 0.103. The molecule has 27 heavy (non-hydrogen) atoms. The number of aromatic nitrogens is 3. The van der Waals surface area contributed by atoms with Gasteiger partial charge in [-0.1, -0.05) is 71.4 Å². The molecule has 1 heterocycles. The third-order valence-corrected chi connectivity index (χ3v) is 4.69. The number of benzene rings is 2. The maximum absolute atomic E-state index is 12.1. The highest BCUT2D eigenvalue weighted by molar-refractivity contribution is 7.99. The van der Waals surface area contributed by atoms with E-state index in [2.05, 4.69) is 31.0 Å². The van der Waals surface area contributed by atoms with Crippen LogP contribution in [-0.2, 0) is 4.79 Å². The van der Waals surface area contributed by atoms with Crippen LogP contribution < -0.4 is 10.7 Å². The molecule has 3 rings (SSSR count). The summed E-state index contributed by atoms with van der Waals surface area (Å²) in [4.78, 5) is 16.3. The van der Waals surface area contributed by atoms with Crippen LogP contribution in [0.25, 0.3) is 0 Å². The number of anilines is 2. The predicted octanol–water partition coefficient (Wildman–Crippen LogP) is 4.29. The van der Waals surface area contributed by atoms with Crippen LogP contribution in [0.3, 0.4) is 0 Å². The Balaban J connectivity index is 1.49. The lowest BCUT2D eigenvalue weighted by atomic mass is 10.2. The summed E-state index contributed by atoms with van der Waals surface area (Å²) >= 11 is 13.2. The van der Waals surface area contributed by atoms with Gasteiger partial charge in [0.15, 0.2) is 0 Å². The van der Waals surface area contributed by atoms with Crippen LogP contribution in [0, 0.1) is 0 Å². The van der Waals surface area contributed by atoms with E-state index in [-0.39, 0.29) is 11.7 Å². The number of para-hydroxylation sites is 1. The molecular weight excluding hydrogens is 407 g/mol. The van der Waals surface area contributed by atoms with E-state index in [1.165, 1.54) is 11.8 Å². The van der Waals surface area contributed by atoms with E-state index in [1.807, 2.05) is 30.3 Å². The molecule has 0 spiro atoms. The lowest BCUT2D eigenvalue weighted by molar-refractivity contribution is -0.113. The number of aromatic amines is 1. The first-order valence-corrected chi connectivity index (χ1v) is 9.49. The Labute approximate surface area is 169 Å². The molecule has 0 aliphatic carbocycles. The quantitative estimate of drug-likeness (QED) is 0.301. The van der Waals surface area contributed by atoms with Crippen molar-refractivity contribution in [1.82, 2.24) is 15.2 Å². The van der Waals surface area contributed by atoms with Gasteiger partial charge in [-0.25, -0.2) is 10.5 Å². The van der Waals surface area contributed by atoms with Crippen LogP contribution in [0.5, 0.6) is 0 Å². The Bertz CT molecular complexity index is 927. The van der Waals surface area contributed by atoms with Gasteiger partial charge in [0, 0.05) is 0 Å². The number of hydrazone groups is 1. The highest BCUT2D eigenvalue weighted by atomic mass is 35.5. The van der Waals surface area contributed by atoms with Crippen LogP contribution in [0.1, 0.15) is 5.56 Å². The summed E-state index contributed by atoms with van der Waals surface area (Å²) in [6.07, 6.45) is 1.66. The smallest absolute Gasteiger partial charge is 0.240 e. The summed E-state index contributed by atoms with van der Waals surface area (Å²) in [5.41, 5.74) is 4.09. The molecule has 2 aromatic carbocycles. The second-order valence-corrected chi connectivity index (χ2v) is 6.94. The number of amides is 1. The number of nitrogens with zero attached hydrogens (tertiary/aromatic N) is 3. The fourth-order valence-corrected chi connectivity index (χ4v) is 3.08. The van der Waals surface area contributed by atoms with Gasteiger partial charge >= 0.3 is 0 Å². The number of hydrogen-bond donors (Lipinski definition) is 3. The van der Waals surface area contributed by atoms with Crippen LogP contribution in [0.4, 0.5) is 11.6 Å². The van der Waals surface area contributed by atoms with Crippen molar-refractivity contribution in [2.24, 2.45) is 5.10 Å². The zero-order valence-corrected chi connectivity index (χ0v) is 16.1. The number of thioether (sulfide) groups is 1. The molecule has 0 atom stereocenters. The highest BCUT2D eigenvalue weighted by Crippen LogP contribution is 2.30. The fourth-order valence-electron chi connectivity index (χ4n) is 1.99. The molecule has 3 N–H and O–H groups in total. The molecule has 0 aliphatic heterocycles. The molecule has 138 valence electrons. The summed E-state index contributed by atoms with van der Waals surface area (Å²) in [5.74, 6) is 0.210. The van der Waals surface area contributed by atoms with E-state index in [9.17, 15) is 4.79 Å². The lowest BCUT2D eigenvalue weighted by Gasteiger charge is -2.08. The Morgan fingerprint density at radius 2 is 1.89 bits per heavy atom. The number of nitrogens with one attached hydrogen (secondary N) is 3. The van der Waals surface area contributed by atoms with E-state index in [1.54, 1.807) is 24.4 Å². The summed E-state index contributed by atoms with van der Waals surface area (Å²) in [7, 11) is 0. The summed E-state index contributed by atoms with van der Waals surface area (Å²) in [6.45, 7) is 0. The van der Waals surface area contributed by atoms with Gasteiger partial charge < -0.3 is 5.32 Å². The molecular formula is C17H14Cl2N6OS. The summed E-state index contributed by atoms with van der Waals surface area (Å²) in [5, 5.41) is 14.6. The molecule has 0 unspecified atom stereocenters. The fraction of sp³-hybridized carbons (Fsp3) is 0.0588. The largest absolute Gasteiger partial charge is 0.323 e.